The number of fused-ring (bicyclic) bond motifs is 1. The highest BCUT2D eigenvalue weighted by Gasteiger charge is 2.19. The molecule has 0 unspecified atom stereocenters. The number of nitrogens with two attached hydrogens (primary N) is 1. The maximum atomic E-state index is 12.6. The predicted octanol–water partition coefficient (Wildman–Crippen LogP) is 2.92. The van der Waals surface area contributed by atoms with Crippen LogP contribution in [0.2, 0.25) is 0 Å². The van der Waals surface area contributed by atoms with Gasteiger partial charge in [0.25, 0.3) is 5.91 Å². The molecular formula is C21H19N3O2. The van der Waals surface area contributed by atoms with E-state index in [0.717, 1.165) is 16.5 Å². The van der Waals surface area contributed by atoms with Crippen molar-refractivity contribution in [1.82, 2.24) is 10.3 Å². The van der Waals surface area contributed by atoms with E-state index >= 15 is 0 Å². The molecule has 0 saturated carbocycles. The molecule has 5 heteroatoms. The van der Waals surface area contributed by atoms with Gasteiger partial charge in [-0.2, -0.15) is 0 Å². The van der Waals surface area contributed by atoms with Gasteiger partial charge in [-0.25, -0.2) is 0 Å². The first-order valence-electron chi connectivity index (χ1n) is 8.30. The summed E-state index contributed by atoms with van der Waals surface area (Å²) in [6.45, 7) is 0. The number of aromatic nitrogens is 1. The molecule has 5 nitrogen and oxygen atoms in total. The van der Waals surface area contributed by atoms with Crippen molar-refractivity contribution in [2.24, 2.45) is 5.73 Å². The highest BCUT2D eigenvalue weighted by Crippen LogP contribution is 2.16. The minimum Gasteiger partial charge on any atom is -0.368 e. The average molecular weight is 345 g/mol. The van der Waals surface area contributed by atoms with Gasteiger partial charge in [-0.3, -0.25) is 14.6 Å². The first-order chi connectivity index (χ1) is 12.6. The molecule has 0 spiro atoms. The molecule has 130 valence electrons. The summed E-state index contributed by atoms with van der Waals surface area (Å²) in [4.78, 5) is 28.6. The van der Waals surface area contributed by atoms with Gasteiger partial charge in [-0.15, -0.1) is 0 Å². The molecule has 0 saturated heterocycles. The molecule has 0 aliphatic rings. The Kier molecular flexibility index (Phi) is 5.39. The summed E-state index contributed by atoms with van der Waals surface area (Å²) in [5.41, 5.74) is 7.66. The number of rotatable bonds is 6. The van der Waals surface area contributed by atoms with Crippen LogP contribution in [0.25, 0.3) is 17.0 Å². The summed E-state index contributed by atoms with van der Waals surface area (Å²) in [5.74, 6) is -0.921. The second-order valence-corrected chi connectivity index (χ2v) is 5.85. The summed E-state index contributed by atoms with van der Waals surface area (Å²) in [5, 5.41) is 3.45. The smallest absolute Gasteiger partial charge is 0.252 e. The Balaban J connectivity index is 1.74. The van der Waals surface area contributed by atoms with Crippen molar-refractivity contribution in [3.05, 3.63) is 84.1 Å². The van der Waals surface area contributed by atoms with E-state index in [2.05, 4.69) is 10.3 Å². The molecule has 0 aliphatic carbocycles. The lowest BCUT2D eigenvalue weighted by molar-refractivity contribution is -0.119. The molecule has 0 bridgehead atoms. The maximum absolute atomic E-state index is 12.6. The fourth-order valence-corrected chi connectivity index (χ4v) is 2.68. The highest BCUT2D eigenvalue weighted by molar-refractivity contribution is 6.07. The van der Waals surface area contributed by atoms with Gasteiger partial charge in [0, 0.05) is 11.6 Å². The van der Waals surface area contributed by atoms with E-state index < -0.39 is 11.9 Å². The molecule has 2 aromatic carbocycles. The van der Waals surface area contributed by atoms with Gasteiger partial charge in [0.05, 0.1) is 11.1 Å². The standard InChI is InChI=1S/C21H19N3O2/c22-20(25)19(12-6-9-15-7-2-1-3-8-15)24-21(26)17-13-14-23-18-11-5-4-10-16(17)18/h1-11,13-14,19H,12H2,(H2,22,25)(H,24,26)/b9-6+/t19-/m0/s1. The molecule has 1 atom stereocenters. The van der Waals surface area contributed by atoms with Gasteiger partial charge >= 0.3 is 0 Å². The van der Waals surface area contributed by atoms with Gasteiger partial charge in [-0.05, 0) is 24.1 Å². The van der Waals surface area contributed by atoms with E-state index in [1.807, 2.05) is 66.7 Å². The van der Waals surface area contributed by atoms with Gasteiger partial charge < -0.3 is 11.1 Å². The third-order valence-electron chi connectivity index (χ3n) is 4.02. The van der Waals surface area contributed by atoms with Crippen LogP contribution in [0.3, 0.4) is 0 Å². The lowest BCUT2D eigenvalue weighted by Crippen LogP contribution is -2.44. The molecule has 3 rings (SSSR count). The number of primary amides is 1. The minimum absolute atomic E-state index is 0.318. The SMILES string of the molecule is NC(=O)[C@H](C/C=C/c1ccccc1)NC(=O)c1ccnc2ccccc12. The third-order valence-corrected chi connectivity index (χ3v) is 4.02. The topological polar surface area (TPSA) is 85.1 Å². The van der Waals surface area contributed by atoms with Crippen LogP contribution in [0.4, 0.5) is 0 Å². The Hall–Kier alpha value is -3.47. The van der Waals surface area contributed by atoms with E-state index in [-0.39, 0.29) is 5.91 Å². The van der Waals surface area contributed by atoms with Crippen LogP contribution in [-0.4, -0.2) is 22.8 Å². The van der Waals surface area contributed by atoms with Gasteiger partial charge in [0.2, 0.25) is 5.91 Å². The number of nitrogens with zero attached hydrogens (tertiary/aromatic N) is 1. The first kappa shape index (κ1) is 17.4. The maximum Gasteiger partial charge on any atom is 0.252 e. The highest BCUT2D eigenvalue weighted by atomic mass is 16.2. The van der Waals surface area contributed by atoms with Crippen molar-refractivity contribution in [3.63, 3.8) is 0 Å². The minimum atomic E-state index is -0.783. The van der Waals surface area contributed by atoms with E-state index in [0.29, 0.717) is 12.0 Å². The summed E-state index contributed by atoms with van der Waals surface area (Å²) in [7, 11) is 0. The Morgan fingerprint density at radius 2 is 1.77 bits per heavy atom. The van der Waals surface area contributed by atoms with E-state index in [4.69, 9.17) is 5.73 Å². The molecule has 2 amide bonds. The number of hydrogen-bond donors (Lipinski definition) is 2. The van der Waals surface area contributed by atoms with Gasteiger partial charge in [-0.1, -0.05) is 60.7 Å². The molecule has 3 aromatic rings. The number of para-hydroxylation sites is 1. The van der Waals surface area contributed by atoms with Crippen molar-refractivity contribution in [2.45, 2.75) is 12.5 Å². The zero-order valence-corrected chi connectivity index (χ0v) is 14.1. The number of carbonyl (C=O) groups is 2. The second kappa shape index (κ2) is 8.07. The molecular weight excluding hydrogens is 326 g/mol. The zero-order valence-electron chi connectivity index (χ0n) is 14.1. The lowest BCUT2D eigenvalue weighted by atomic mass is 10.1. The molecule has 1 heterocycles. The zero-order chi connectivity index (χ0) is 18.4. The van der Waals surface area contributed by atoms with Crippen LogP contribution in [-0.2, 0) is 4.79 Å². The molecule has 0 aliphatic heterocycles. The second-order valence-electron chi connectivity index (χ2n) is 5.85. The van der Waals surface area contributed by atoms with Crippen LogP contribution >= 0.6 is 0 Å². The van der Waals surface area contributed by atoms with E-state index in [9.17, 15) is 9.59 Å². The Bertz CT molecular complexity index is 946. The predicted molar refractivity (Wildman–Crippen MR) is 102 cm³/mol. The van der Waals surface area contributed by atoms with E-state index in [1.54, 1.807) is 12.3 Å². The molecule has 0 fully saturated rings. The lowest BCUT2D eigenvalue weighted by Gasteiger charge is -2.14. The van der Waals surface area contributed by atoms with Crippen molar-refractivity contribution in [3.8, 4) is 0 Å². The number of amides is 2. The van der Waals surface area contributed by atoms with Crippen molar-refractivity contribution in [1.29, 1.82) is 0 Å². The third kappa shape index (κ3) is 4.13. The van der Waals surface area contributed by atoms with Crippen LogP contribution in [0.15, 0.2) is 72.9 Å². The fraction of sp³-hybridized carbons (Fsp3) is 0.0952. The quantitative estimate of drug-likeness (QED) is 0.720. The summed E-state index contributed by atoms with van der Waals surface area (Å²) >= 11 is 0. The first-order valence-corrected chi connectivity index (χ1v) is 8.30. The monoisotopic (exact) mass is 345 g/mol. The number of pyridine rings is 1. The molecule has 1 aromatic heterocycles. The number of nitrogens with one attached hydrogen (secondary N) is 1. The molecule has 26 heavy (non-hydrogen) atoms. The van der Waals surface area contributed by atoms with E-state index in [1.165, 1.54) is 0 Å². The summed E-state index contributed by atoms with van der Waals surface area (Å²) in [6.07, 6.45) is 5.62. The summed E-state index contributed by atoms with van der Waals surface area (Å²) < 4.78 is 0. The summed E-state index contributed by atoms with van der Waals surface area (Å²) in [6, 6.07) is 17.9. The van der Waals surface area contributed by atoms with Crippen molar-refractivity contribution >= 4 is 28.8 Å². The largest absolute Gasteiger partial charge is 0.368 e. The van der Waals surface area contributed by atoms with Crippen molar-refractivity contribution < 1.29 is 9.59 Å². The van der Waals surface area contributed by atoms with Crippen LogP contribution < -0.4 is 11.1 Å². The number of benzene rings is 2. The van der Waals surface area contributed by atoms with Crippen molar-refractivity contribution in [2.75, 3.05) is 0 Å². The van der Waals surface area contributed by atoms with Crippen LogP contribution in [0.5, 0.6) is 0 Å². The average Bonchev–Trinajstić information content (AvgIpc) is 2.67. The molecule has 3 N–H and O–H groups in total. The Morgan fingerprint density at radius 3 is 2.54 bits per heavy atom. The van der Waals surface area contributed by atoms with Crippen LogP contribution in [0, 0.1) is 0 Å². The van der Waals surface area contributed by atoms with Crippen LogP contribution in [0.1, 0.15) is 22.3 Å². The molecule has 0 radical (unpaired) electrons. The van der Waals surface area contributed by atoms with Gasteiger partial charge in [0.1, 0.15) is 6.04 Å². The van der Waals surface area contributed by atoms with Gasteiger partial charge in [0.15, 0.2) is 0 Å². The Labute approximate surface area is 151 Å². The normalized spacial score (nSPS) is 12.2. The number of carbonyl (C=O) groups excluding carboxylic acids is 2. The fourth-order valence-electron chi connectivity index (χ4n) is 2.68. The Morgan fingerprint density at radius 1 is 1.04 bits per heavy atom. The number of hydrogen-bond acceptors (Lipinski definition) is 3.